The summed E-state index contributed by atoms with van der Waals surface area (Å²) < 4.78 is 1.86. The maximum Gasteiger partial charge on any atom is 0.172 e. The van der Waals surface area contributed by atoms with Crippen LogP contribution in [0.1, 0.15) is 37.7 Å². The smallest absolute Gasteiger partial charge is 0.172 e. The number of aryl methyl sites for hydroxylation is 2. The Morgan fingerprint density at radius 1 is 1.20 bits per heavy atom. The molecule has 0 atom stereocenters. The molecule has 0 aromatic carbocycles. The van der Waals surface area contributed by atoms with Crippen LogP contribution in [-0.2, 0) is 19.4 Å². The van der Waals surface area contributed by atoms with E-state index in [2.05, 4.69) is 42.2 Å². The van der Waals surface area contributed by atoms with Crippen LogP contribution in [0.15, 0.2) is 18.3 Å². The van der Waals surface area contributed by atoms with Crippen LogP contribution in [0.3, 0.4) is 0 Å². The number of rotatable bonds is 6. The number of hydrogen-bond donors (Lipinski definition) is 1. The normalized spacial score (nSPS) is 11.0. The Hall–Kier alpha value is -1.39. The van der Waals surface area contributed by atoms with Crippen LogP contribution in [0, 0.1) is 0 Å². The van der Waals surface area contributed by atoms with Gasteiger partial charge in [0.1, 0.15) is 0 Å². The summed E-state index contributed by atoms with van der Waals surface area (Å²) in [4.78, 5) is 4.49. The molecule has 4 nitrogen and oxygen atoms in total. The fraction of sp³-hybridized carbons (Fsp3) is 0.467. The number of nitrogens with one attached hydrogen (secondary N) is 1. The van der Waals surface area contributed by atoms with Gasteiger partial charge in [0.2, 0.25) is 0 Å². The van der Waals surface area contributed by atoms with Crippen LogP contribution in [0.25, 0.3) is 5.82 Å². The van der Waals surface area contributed by atoms with Crippen molar-refractivity contribution in [3.05, 3.63) is 40.3 Å². The summed E-state index contributed by atoms with van der Waals surface area (Å²) >= 11 is 6.37. The van der Waals surface area contributed by atoms with Gasteiger partial charge in [-0.05, 0) is 37.1 Å². The molecule has 108 valence electrons. The monoisotopic (exact) mass is 292 g/mol. The molecule has 1 N–H and O–H groups in total. The number of hydrogen-bond acceptors (Lipinski definition) is 3. The number of halogens is 1. The molecule has 0 aliphatic rings. The standard InChI is InChI=1S/C15H21ClN4/c1-4-12-8-13(5-2)20(19-12)15-14(16)7-11(10-18-15)9-17-6-3/h7-8,10,17H,4-6,9H2,1-3H3. The lowest BCUT2D eigenvalue weighted by Crippen LogP contribution is -2.12. The minimum Gasteiger partial charge on any atom is -0.313 e. The van der Waals surface area contributed by atoms with Crippen molar-refractivity contribution in [3.8, 4) is 5.82 Å². The highest BCUT2D eigenvalue weighted by molar-refractivity contribution is 6.32. The summed E-state index contributed by atoms with van der Waals surface area (Å²) in [6.45, 7) is 8.00. The molecule has 2 heterocycles. The third-order valence-electron chi connectivity index (χ3n) is 3.22. The van der Waals surface area contributed by atoms with Gasteiger partial charge in [0.05, 0.1) is 10.7 Å². The van der Waals surface area contributed by atoms with Crippen LogP contribution in [-0.4, -0.2) is 21.3 Å². The van der Waals surface area contributed by atoms with Crippen LogP contribution < -0.4 is 5.32 Å². The van der Waals surface area contributed by atoms with Gasteiger partial charge in [-0.2, -0.15) is 5.10 Å². The zero-order valence-electron chi connectivity index (χ0n) is 12.3. The lowest BCUT2D eigenvalue weighted by Gasteiger charge is -2.09. The first-order chi connectivity index (χ1) is 9.69. The Kier molecular flexibility index (Phi) is 5.15. The molecule has 0 aliphatic carbocycles. The molecular weight excluding hydrogens is 272 g/mol. The minimum absolute atomic E-state index is 0.640. The predicted molar refractivity (Wildman–Crippen MR) is 82.5 cm³/mol. The van der Waals surface area contributed by atoms with Crippen LogP contribution >= 0.6 is 11.6 Å². The molecule has 0 saturated heterocycles. The van der Waals surface area contributed by atoms with Crippen molar-refractivity contribution < 1.29 is 0 Å². The average Bonchev–Trinajstić information content (AvgIpc) is 2.88. The Labute approximate surface area is 125 Å². The first-order valence-corrected chi connectivity index (χ1v) is 7.50. The van der Waals surface area contributed by atoms with Gasteiger partial charge in [0.15, 0.2) is 5.82 Å². The first kappa shape index (κ1) is 15.0. The summed E-state index contributed by atoms with van der Waals surface area (Å²) in [7, 11) is 0. The van der Waals surface area contributed by atoms with E-state index in [0.717, 1.165) is 42.9 Å². The van der Waals surface area contributed by atoms with E-state index < -0.39 is 0 Å². The lowest BCUT2D eigenvalue weighted by molar-refractivity contribution is 0.720. The molecule has 0 unspecified atom stereocenters. The van der Waals surface area contributed by atoms with Crippen molar-refractivity contribution in [2.45, 2.75) is 40.2 Å². The highest BCUT2D eigenvalue weighted by Crippen LogP contribution is 2.21. The molecule has 20 heavy (non-hydrogen) atoms. The van der Waals surface area contributed by atoms with Gasteiger partial charge < -0.3 is 5.32 Å². The molecular formula is C15H21ClN4. The van der Waals surface area contributed by atoms with Crippen LogP contribution in [0.5, 0.6) is 0 Å². The second-order valence-electron chi connectivity index (χ2n) is 4.68. The highest BCUT2D eigenvalue weighted by Gasteiger charge is 2.12. The Morgan fingerprint density at radius 3 is 2.60 bits per heavy atom. The van der Waals surface area contributed by atoms with Gasteiger partial charge in [0, 0.05) is 18.4 Å². The molecule has 0 fully saturated rings. The van der Waals surface area contributed by atoms with Crippen molar-refractivity contribution in [1.82, 2.24) is 20.1 Å². The molecule has 0 saturated carbocycles. The number of pyridine rings is 1. The fourth-order valence-corrected chi connectivity index (χ4v) is 2.34. The molecule has 2 rings (SSSR count). The summed E-state index contributed by atoms with van der Waals surface area (Å²) in [5.41, 5.74) is 3.29. The Bertz CT molecular complexity index is 577. The van der Waals surface area contributed by atoms with E-state index in [1.54, 1.807) is 0 Å². The van der Waals surface area contributed by atoms with Crippen molar-refractivity contribution in [2.75, 3.05) is 6.54 Å². The SMILES string of the molecule is CCNCc1cnc(-n2nc(CC)cc2CC)c(Cl)c1. The molecule has 0 bridgehead atoms. The molecule has 0 amide bonds. The van der Waals surface area contributed by atoms with Gasteiger partial charge in [-0.1, -0.05) is 32.4 Å². The third kappa shape index (κ3) is 3.19. The zero-order chi connectivity index (χ0) is 14.5. The van der Waals surface area contributed by atoms with Crippen molar-refractivity contribution in [3.63, 3.8) is 0 Å². The zero-order valence-corrected chi connectivity index (χ0v) is 13.0. The Balaban J connectivity index is 2.35. The minimum atomic E-state index is 0.640. The summed E-state index contributed by atoms with van der Waals surface area (Å²) in [6, 6.07) is 4.07. The van der Waals surface area contributed by atoms with E-state index in [1.807, 2.05) is 16.9 Å². The molecule has 2 aromatic rings. The molecule has 0 spiro atoms. The Morgan fingerprint density at radius 2 is 2.00 bits per heavy atom. The molecule has 0 aliphatic heterocycles. The second-order valence-corrected chi connectivity index (χ2v) is 5.08. The largest absolute Gasteiger partial charge is 0.313 e. The van der Waals surface area contributed by atoms with Gasteiger partial charge in [-0.3, -0.25) is 0 Å². The number of nitrogens with zero attached hydrogens (tertiary/aromatic N) is 3. The van der Waals surface area contributed by atoms with E-state index in [1.165, 1.54) is 0 Å². The van der Waals surface area contributed by atoms with Gasteiger partial charge in [-0.15, -0.1) is 0 Å². The third-order valence-corrected chi connectivity index (χ3v) is 3.49. The van der Waals surface area contributed by atoms with Gasteiger partial charge in [0.25, 0.3) is 0 Å². The van der Waals surface area contributed by atoms with Crippen LogP contribution in [0.4, 0.5) is 0 Å². The van der Waals surface area contributed by atoms with Crippen molar-refractivity contribution in [2.24, 2.45) is 0 Å². The van der Waals surface area contributed by atoms with Crippen molar-refractivity contribution >= 4 is 11.6 Å². The van der Waals surface area contributed by atoms with Gasteiger partial charge in [-0.25, -0.2) is 9.67 Å². The van der Waals surface area contributed by atoms with Crippen LogP contribution in [0.2, 0.25) is 5.02 Å². The lowest BCUT2D eigenvalue weighted by atomic mass is 10.2. The highest BCUT2D eigenvalue weighted by atomic mass is 35.5. The van der Waals surface area contributed by atoms with Gasteiger partial charge >= 0.3 is 0 Å². The van der Waals surface area contributed by atoms with E-state index in [-0.39, 0.29) is 0 Å². The molecule has 5 heteroatoms. The van der Waals surface area contributed by atoms with E-state index in [4.69, 9.17) is 11.6 Å². The average molecular weight is 293 g/mol. The fourth-order valence-electron chi connectivity index (χ4n) is 2.08. The number of aromatic nitrogens is 3. The molecule has 2 aromatic heterocycles. The van der Waals surface area contributed by atoms with Crippen molar-refractivity contribution in [1.29, 1.82) is 0 Å². The maximum absolute atomic E-state index is 6.37. The predicted octanol–water partition coefficient (Wildman–Crippen LogP) is 3.16. The van der Waals surface area contributed by atoms with E-state index in [0.29, 0.717) is 10.8 Å². The summed E-state index contributed by atoms with van der Waals surface area (Å²) in [5, 5.41) is 8.48. The summed E-state index contributed by atoms with van der Waals surface area (Å²) in [6.07, 6.45) is 3.68. The second kappa shape index (κ2) is 6.86. The first-order valence-electron chi connectivity index (χ1n) is 7.12. The topological polar surface area (TPSA) is 42.7 Å². The summed E-state index contributed by atoms with van der Waals surface area (Å²) in [5.74, 6) is 0.712. The quantitative estimate of drug-likeness (QED) is 0.889. The maximum atomic E-state index is 6.37. The van der Waals surface area contributed by atoms with E-state index >= 15 is 0 Å². The van der Waals surface area contributed by atoms with E-state index in [9.17, 15) is 0 Å². The molecule has 0 radical (unpaired) electrons.